The molecule has 4 rings (SSSR count). The summed E-state index contributed by atoms with van der Waals surface area (Å²) >= 11 is 0. The summed E-state index contributed by atoms with van der Waals surface area (Å²) in [6.45, 7) is 2.13. The van der Waals surface area contributed by atoms with E-state index in [1.54, 1.807) is 12.1 Å². The summed E-state index contributed by atoms with van der Waals surface area (Å²) in [5, 5.41) is 14.8. The van der Waals surface area contributed by atoms with E-state index in [-0.39, 0.29) is 23.9 Å². The van der Waals surface area contributed by atoms with Gasteiger partial charge >= 0.3 is 0 Å². The molecule has 1 amide bonds. The van der Waals surface area contributed by atoms with Gasteiger partial charge in [-0.15, -0.1) is 0 Å². The SMILES string of the molecule is Cc1ccc(-n2nccn2)c(C(=O)NCCc2noc(-c3ccc(F)c(F)c3)n2)c1. The van der Waals surface area contributed by atoms with E-state index in [1.807, 2.05) is 13.0 Å². The number of aromatic nitrogens is 5. The molecule has 0 aliphatic heterocycles. The Morgan fingerprint density at radius 1 is 1.10 bits per heavy atom. The van der Waals surface area contributed by atoms with Crippen molar-refractivity contribution in [2.45, 2.75) is 13.3 Å². The van der Waals surface area contributed by atoms with Crippen LogP contribution in [0.1, 0.15) is 21.7 Å². The van der Waals surface area contributed by atoms with Crippen LogP contribution in [0.15, 0.2) is 53.3 Å². The summed E-state index contributed by atoms with van der Waals surface area (Å²) in [6.07, 6.45) is 3.35. The largest absolute Gasteiger partial charge is 0.352 e. The average molecular weight is 410 g/mol. The molecule has 10 heteroatoms. The molecule has 0 fully saturated rings. The minimum atomic E-state index is -1.000. The summed E-state index contributed by atoms with van der Waals surface area (Å²) in [5.41, 5.74) is 2.18. The topological polar surface area (TPSA) is 98.7 Å². The van der Waals surface area contributed by atoms with Gasteiger partial charge in [-0.3, -0.25) is 4.79 Å². The van der Waals surface area contributed by atoms with Crippen molar-refractivity contribution in [3.63, 3.8) is 0 Å². The first-order chi connectivity index (χ1) is 14.5. The van der Waals surface area contributed by atoms with E-state index < -0.39 is 11.6 Å². The van der Waals surface area contributed by atoms with Gasteiger partial charge in [-0.25, -0.2) is 8.78 Å². The molecule has 2 aromatic heterocycles. The second kappa shape index (κ2) is 8.19. The first-order valence-corrected chi connectivity index (χ1v) is 9.05. The highest BCUT2D eigenvalue weighted by Crippen LogP contribution is 2.20. The molecule has 0 bridgehead atoms. The lowest BCUT2D eigenvalue weighted by atomic mass is 10.1. The van der Waals surface area contributed by atoms with E-state index in [2.05, 4.69) is 25.7 Å². The Labute approximate surface area is 169 Å². The number of amides is 1. The van der Waals surface area contributed by atoms with Crippen molar-refractivity contribution in [3.05, 3.63) is 77.4 Å². The van der Waals surface area contributed by atoms with Gasteiger partial charge in [0.05, 0.1) is 23.6 Å². The van der Waals surface area contributed by atoms with E-state index >= 15 is 0 Å². The molecule has 1 N–H and O–H groups in total. The number of hydrogen-bond donors (Lipinski definition) is 1. The third-order valence-corrected chi connectivity index (χ3v) is 4.30. The fourth-order valence-electron chi connectivity index (χ4n) is 2.83. The van der Waals surface area contributed by atoms with Crippen molar-refractivity contribution < 1.29 is 18.1 Å². The highest BCUT2D eigenvalue weighted by Gasteiger charge is 2.15. The summed E-state index contributed by atoms with van der Waals surface area (Å²) in [7, 11) is 0. The van der Waals surface area contributed by atoms with Crippen LogP contribution in [0.2, 0.25) is 0 Å². The molecule has 30 heavy (non-hydrogen) atoms. The number of rotatable bonds is 6. The Kier molecular flexibility index (Phi) is 5.29. The number of carbonyl (C=O) groups excluding carboxylic acids is 1. The van der Waals surface area contributed by atoms with Crippen molar-refractivity contribution in [2.24, 2.45) is 0 Å². The molecule has 0 atom stereocenters. The lowest BCUT2D eigenvalue weighted by Gasteiger charge is -2.10. The smallest absolute Gasteiger partial charge is 0.258 e. The van der Waals surface area contributed by atoms with Crippen molar-refractivity contribution in [1.29, 1.82) is 0 Å². The highest BCUT2D eigenvalue weighted by molar-refractivity contribution is 5.97. The molecular formula is C20H16F2N6O2. The van der Waals surface area contributed by atoms with Crippen LogP contribution in [-0.4, -0.2) is 37.6 Å². The standard InChI is InChI=1S/C20H16F2N6O2/c1-12-2-5-17(28-24-8-9-25-28)14(10-12)19(29)23-7-6-18-26-20(30-27-18)13-3-4-15(21)16(22)11-13/h2-5,8-11H,6-7H2,1H3,(H,23,29). The van der Waals surface area contributed by atoms with E-state index in [1.165, 1.54) is 23.3 Å². The van der Waals surface area contributed by atoms with E-state index in [0.717, 1.165) is 17.7 Å². The number of aryl methyl sites for hydroxylation is 1. The van der Waals surface area contributed by atoms with Crippen LogP contribution in [-0.2, 0) is 6.42 Å². The molecular weight excluding hydrogens is 394 g/mol. The maximum atomic E-state index is 13.4. The molecule has 2 aromatic carbocycles. The lowest BCUT2D eigenvalue weighted by Crippen LogP contribution is -2.27. The summed E-state index contributed by atoms with van der Waals surface area (Å²) in [6, 6.07) is 8.72. The van der Waals surface area contributed by atoms with Crippen molar-refractivity contribution in [2.75, 3.05) is 6.54 Å². The Bertz CT molecular complexity index is 1190. The summed E-state index contributed by atoms with van der Waals surface area (Å²) in [5.74, 6) is -1.85. The van der Waals surface area contributed by atoms with Crippen LogP contribution in [0, 0.1) is 18.6 Å². The summed E-state index contributed by atoms with van der Waals surface area (Å²) in [4.78, 5) is 18.2. The number of halogens is 2. The molecule has 0 aliphatic rings. The monoisotopic (exact) mass is 410 g/mol. The van der Waals surface area contributed by atoms with Gasteiger partial charge in [-0.05, 0) is 37.3 Å². The van der Waals surface area contributed by atoms with Crippen LogP contribution in [0.3, 0.4) is 0 Å². The molecule has 152 valence electrons. The molecule has 8 nitrogen and oxygen atoms in total. The Morgan fingerprint density at radius 3 is 2.67 bits per heavy atom. The first kappa shape index (κ1) is 19.4. The summed E-state index contributed by atoms with van der Waals surface area (Å²) < 4.78 is 31.5. The van der Waals surface area contributed by atoms with Crippen molar-refractivity contribution in [1.82, 2.24) is 30.5 Å². The average Bonchev–Trinajstić information content (AvgIpc) is 3.42. The van der Waals surface area contributed by atoms with Gasteiger partial charge < -0.3 is 9.84 Å². The van der Waals surface area contributed by atoms with Gasteiger partial charge in [0.15, 0.2) is 17.5 Å². The number of nitrogens with one attached hydrogen (secondary N) is 1. The maximum Gasteiger partial charge on any atom is 0.258 e. The normalized spacial score (nSPS) is 10.9. The predicted molar refractivity (Wildman–Crippen MR) is 102 cm³/mol. The van der Waals surface area contributed by atoms with Crippen LogP contribution >= 0.6 is 0 Å². The van der Waals surface area contributed by atoms with Crippen LogP contribution in [0.25, 0.3) is 17.1 Å². The Hall–Kier alpha value is -3.95. The Morgan fingerprint density at radius 2 is 1.90 bits per heavy atom. The molecule has 0 aliphatic carbocycles. The van der Waals surface area contributed by atoms with Gasteiger partial charge in [-0.2, -0.15) is 20.0 Å². The van der Waals surface area contributed by atoms with Crippen molar-refractivity contribution >= 4 is 5.91 Å². The van der Waals surface area contributed by atoms with Gasteiger partial charge in [-0.1, -0.05) is 16.8 Å². The molecule has 0 spiro atoms. The van der Waals surface area contributed by atoms with Gasteiger partial charge in [0.1, 0.15) is 0 Å². The number of nitrogens with zero attached hydrogens (tertiary/aromatic N) is 5. The van der Waals surface area contributed by atoms with Crippen LogP contribution in [0.5, 0.6) is 0 Å². The zero-order valence-corrected chi connectivity index (χ0v) is 15.8. The third-order valence-electron chi connectivity index (χ3n) is 4.30. The molecule has 2 heterocycles. The molecule has 0 saturated heterocycles. The van der Waals surface area contributed by atoms with E-state index in [9.17, 15) is 13.6 Å². The highest BCUT2D eigenvalue weighted by atomic mass is 19.2. The molecule has 0 radical (unpaired) electrons. The number of carbonyl (C=O) groups is 1. The molecule has 0 unspecified atom stereocenters. The fourth-order valence-corrected chi connectivity index (χ4v) is 2.83. The van der Waals surface area contributed by atoms with Crippen LogP contribution < -0.4 is 5.32 Å². The third kappa shape index (κ3) is 4.07. The van der Waals surface area contributed by atoms with Gasteiger partial charge in [0.25, 0.3) is 11.8 Å². The number of hydrogen-bond acceptors (Lipinski definition) is 6. The molecule has 4 aromatic rings. The zero-order valence-electron chi connectivity index (χ0n) is 15.8. The van der Waals surface area contributed by atoms with Crippen LogP contribution in [0.4, 0.5) is 8.78 Å². The predicted octanol–water partition coefficient (Wildman–Crippen LogP) is 2.88. The maximum absolute atomic E-state index is 13.4. The Balaban J connectivity index is 1.42. The second-order valence-electron chi connectivity index (χ2n) is 6.49. The lowest BCUT2D eigenvalue weighted by molar-refractivity contribution is 0.0953. The van der Waals surface area contributed by atoms with E-state index in [4.69, 9.17) is 4.52 Å². The van der Waals surface area contributed by atoms with E-state index in [0.29, 0.717) is 23.5 Å². The number of benzene rings is 2. The quantitative estimate of drug-likeness (QED) is 0.525. The minimum absolute atomic E-state index is 0.0703. The van der Waals surface area contributed by atoms with Gasteiger partial charge in [0.2, 0.25) is 0 Å². The fraction of sp³-hybridized carbons (Fsp3) is 0.150. The van der Waals surface area contributed by atoms with Crippen molar-refractivity contribution in [3.8, 4) is 17.1 Å². The zero-order chi connectivity index (χ0) is 21.1. The molecule has 0 saturated carbocycles. The van der Waals surface area contributed by atoms with Gasteiger partial charge in [0, 0.05) is 18.5 Å². The minimum Gasteiger partial charge on any atom is -0.352 e. The first-order valence-electron chi connectivity index (χ1n) is 9.05. The second-order valence-corrected chi connectivity index (χ2v) is 6.49.